The van der Waals surface area contributed by atoms with Gasteiger partial charge in [-0.1, -0.05) is 106 Å². The second-order valence-electron chi connectivity index (χ2n) is 10.8. The van der Waals surface area contributed by atoms with Gasteiger partial charge < -0.3 is 4.90 Å². The van der Waals surface area contributed by atoms with Crippen molar-refractivity contribution < 1.29 is 4.79 Å². The summed E-state index contributed by atoms with van der Waals surface area (Å²) in [5, 5.41) is 0. The molecular weight excluding hydrogens is 414 g/mol. The Morgan fingerprint density at radius 2 is 1.35 bits per heavy atom. The van der Waals surface area contributed by atoms with Crippen LogP contribution in [0.1, 0.15) is 79.4 Å². The summed E-state index contributed by atoms with van der Waals surface area (Å²) in [7, 11) is 0. The lowest BCUT2D eigenvalue weighted by molar-refractivity contribution is 0.0969. The molecule has 2 heteroatoms. The van der Waals surface area contributed by atoms with E-state index in [1.165, 1.54) is 29.5 Å². The van der Waals surface area contributed by atoms with Gasteiger partial charge in [0.05, 0.1) is 0 Å². The lowest BCUT2D eigenvalue weighted by atomic mass is 9.76. The van der Waals surface area contributed by atoms with Crippen LogP contribution in [0.25, 0.3) is 0 Å². The second kappa shape index (κ2) is 11.1. The van der Waals surface area contributed by atoms with Crippen molar-refractivity contribution in [3.63, 3.8) is 0 Å². The molecule has 0 amide bonds. The lowest BCUT2D eigenvalue weighted by Crippen LogP contribution is -2.36. The van der Waals surface area contributed by atoms with Crippen LogP contribution < -0.4 is 0 Å². The minimum Gasteiger partial charge on any atom is -0.303 e. The van der Waals surface area contributed by atoms with E-state index < -0.39 is 0 Å². The molecule has 4 rings (SSSR count). The highest BCUT2D eigenvalue weighted by Crippen LogP contribution is 2.38. The molecule has 3 aromatic rings. The molecule has 0 aromatic heterocycles. The Hall–Kier alpha value is -2.71. The molecule has 1 saturated heterocycles. The van der Waals surface area contributed by atoms with Gasteiger partial charge in [0.2, 0.25) is 0 Å². The van der Waals surface area contributed by atoms with Crippen molar-refractivity contribution in [1.29, 1.82) is 0 Å². The molecule has 0 bridgehead atoms. The number of Topliss-reactive ketones (excluding diaryl/α,β-unsaturated/α-hetero) is 1. The van der Waals surface area contributed by atoms with E-state index in [2.05, 4.69) is 98.5 Å². The number of nitrogens with zero attached hydrogens (tertiary/aromatic N) is 1. The fraction of sp³-hybridized carbons (Fsp3) is 0.406. The summed E-state index contributed by atoms with van der Waals surface area (Å²) < 4.78 is 0. The van der Waals surface area contributed by atoms with Crippen molar-refractivity contribution >= 4 is 5.78 Å². The number of piperidine rings is 1. The van der Waals surface area contributed by atoms with Crippen LogP contribution in [0.4, 0.5) is 0 Å². The van der Waals surface area contributed by atoms with Gasteiger partial charge in [0.25, 0.3) is 0 Å². The van der Waals surface area contributed by atoms with Gasteiger partial charge >= 0.3 is 0 Å². The molecule has 178 valence electrons. The second-order valence-corrected chi connectivity index (χ2v) is 10.8. The number of rotatable bonds is 8. The summed E-state index contributed by atoms with van der Waals surface area (Å²) in [5.74, 6) is 1.38. The van der Waals surface area contributed by atoms with Crippen LogP contribution in [-0.2, 0) is 5.41 Å². The number of hydrogen-bond donors (Lipinski definition) is 0. The number of hydrogen-bond acceptors (Lipinski definition) is 2. The number of carbonyl (C=O) groups excluding carboxylic acids is 1. The summed E-state index contributed by atoms with van der Waals surface area (Å²) >= 11 is 0. The summed E-state index contributed by atoms with van der Waals surface area (Å²) in [4.78, 5) is 15.2. The average Bonchev–Trinajstić information content (AvgIpc) is 2.86. The van der Waals surface area contributed by atoms with Crippen LogP contribution in [0.2, 0.25) is 0 Å². The van der Waals surface area contributed by atoms with Crippen molar-refractivity contribution in [2.24, 2.45) is 5.92 Å². The molecule has 0 radical (unpaired) electrons. The monoisotopic (exact) mass is 453 g/mol. The van der Waals surface area contributed by atoms with Crippen molar-refractivity contribution in [2.45, 2.75) is 57.8 Å². The van der Waals surface area contributed by atoms with Gasteiger partial charge in [-0.15, -0.1) is 0 Å². The van der Waals surface area contributed by atoms with E-state index in [0.29, 0.717) is 18.3 Å². The average molecular weight is 454 g/mol. The fourth-order valence-electron chi connectivity index (χ4n) is 5.33. The molecule has 1 heterocycles. The number of carbonyl (C=O) groups is 1. The third kappa shape index (κ3) is 6.24. The normalized spacial score (nSPS) is 15.5. The van der Waals surface area contributed by atoms with Gasteiger partial charge in [0.1, 0.15) is 0 Å². The first-order valence-corrected chi connectivity index (χ1v) is 12.9. The van der Waals surface area contributed by atoms with Gasteiger partial charge in [-0.05, 0) is 66.9 Å². The molecular formula is C32H39NO. The summed E-state index contributed by atoms with van der Waals surface area (Å²) in [6.45, 7) is 9.86. The Balaban J connectivity index is 1.28. The van der Waals surface area contributed by atoms with E-state index in [-0.39, 0.29) is 11.2 Å². The van der Waals surface area contributed by atoms with Crippen molar-refractivity contribution in [1.82, 2.24) is 4.90 Å². The molecule has 34 heavy (non-hydrogen) atoms. The van der Waals surface area contributed by atoms with Gasteiger partial charge in [0, 0.05) is 17.9 Å². The predicted octanol–water partition coefficient (Wildman–Crippen LogP) is 7.49. The van der Waals surface area contributed by atoms with Crippen LogP contribution >= 0.6 is 0 Å². The van der Waals surface area contributed by atoms with Crippen LogP contribution in [0, 0.1) is 5.92 Å². The number of benzene rings is 3. The van der Waals surface area contributed by atoms with E-state index in [0.717, 1.165) is 31.6 Å². The van der Waals surface area contributed by atoms with Crippen LogP contribution in [0.15, 0.2) is 84.9 Å². The zero-order valence-corrected chi connectivity index (χ0v) is 21.0. The third-order valence-corrected chi connectivity index (χ3v) is 7.37. The first kappa shape index (κ1) is 24.4. The summed E-state index contributed by atoms with van der Waals surface area (Å²) in [6.07, 6.45) is 3.98. The zero-order valence-electron chi connectivity index (χ0n) is 21.0. The third-order valence-electron chi connectivity index (χ3n) is 7.37. The Morgan fingerprint density at radius 3 is 1.85 bits per heavy atom. The quantitative estimate of drug-likeness (QED) is 0.329. The highest BCUT2D eigenvalue weighted by Gasteiger charge is 2.28. The molecule has 1 aliphatic heterocycles. The predicted molar refractivity (Wildman–Crippen MR) is 143 cm³/mol. The molecule has 0 aliphatic carbocycles. The van der Waals surface area contributed by atoms with E-state index in [9.17, 15) is 4.79 Å². The highest BCUT2D eigenvalue weighted by atomic mass is 16.1. The largest absolute Gasteiger partial charge is 0.303 e. The Morgan fingerprint density at radius 1 is 0.824 bits per heavy atom. The zero-order chi connectivity index (χ0) is 24.0. The molecule has 0 spiro atoms. The minimum atomic E-state index is 0.119. The molecule has 0 unspecified atom stereocenters. The summed E-state index contributed by atoms with van der Waals surface area (Å²) in [6, 6.07) is 30.2. The van der Waals surface area contributed by atoms with Gasteiger partial charge in [-0.25, -0.2) is 0 Å². The SMILES string of the molecule is CC(C)(C)c1ccc(C(=O)CCCN2CCC(C(c3ccccc3)c3ccccc3)CC2)cc1. The number of likely N-dealkylation sites (tertiary alicyclic amines) is 1. The van der Waals surface area contributed by atoms with Crippen molar-refractivity contribution in [3.8, 4) is 0 Å². The van der Waals surface area contributed by atoms with E-state index in [1.807, 2.05) is 12.1 Å². The number of ketones is 1. The first-order chi connectivity index (χ1) is 16.4. The van der Waals surface area contributed by atoms with E-state index >= 15 is 0 Å². The fourth-order valence-corrected chi connectivity index (χ4v) is 5.33. The molecule has 0 saturated carbocycles. The molecule has 2 nitrogen and oxygen atoms in total. The lowest BCUT2D eigenvalue weighted by Gasteiger charge is -2.36. The van der Waals surface area contributed by atoms with Gasteiger partial charge in [0.15, 0.2) is 5.78 Å². The maximum atomic E-state index is 12.7. The Kier molecular flexibility index (Phi) is 8.00. The van der Waals surface area contributed by atoms with Crippen LogP contribution in [0.5, 0.6) is 0 Å². The van der Waals surface area contributed by atoms with Gasteiger partial charge in [-0.3, -0.25) is 4.79 Å². The first-order valence-electron chi connectivity index (χ1n) is 12.9. The standard InChI is InChI=1S/C32H39NO/c1-32(2,3)29-18-16-25(17-19-29)30(34)15-10-22-33-23-20-28(21-24-33)31(26-11-6-4-7-12-26)27-13-8-5-9-14-27/h4-9,11-14,16-19,28,31H,10,15,20-24H2,1-3H3. The van der Waals surface area contributed by atoms with Crippen LogP contribution in [-0.4, -0.2) is 30.3 Å². The maximum Gasteiger partial charge on any atom is 0.162 e. The Bertz CT molecular complexity index is 986. The molecule has 0 atom stereocenters. The molecule has 3 aromatic carbocycles. The minimum absolute atomic E-state index is 0.119. The summed E-state index contributed by atoms with van der Waals surface area (Å²) in [5.41, 5.74) is 5.09. The van der Waals surface area contributed by atoms with Crippen molar-refractivity contribution in [2.75, 3.05) is 19.6 Å². The molecule has 1 fully saturated rings. The highest BCUT2D eigenvalue weighted by molar-refractivity contribution is 5.96. The van der Waals surface area contributed by atoms with Gasteiger partial charge in [-0.2, -0.15) is 0 Å². The smallest absolute Gasteiger partial charge is 0.162 e. The maximum absolute atomic E-state index is 12.7. The van der Waals surface area contributed by atoms with E-state index in [1.54, 1.807) is 0 Å². The van der Waals surface area contributed by atoms with Crippen molar-refractivity contribution in [3.05, 3.63) is 107 Å². The molecule has 1 aliphatic rings. The molecule has 0 N–H and O–H groups in total. The topological polar surface area (TPSA) is 20.3 Å². The Labute approximate surface area is 206 Å². The van der Waals surface area contributed by atoms with E-state index in [4.69, 9.17) is 0 Å². The van der Waals surface area contributed by atoms with Crippen LogP contribution in [0.3, 0.4) is 0 Å².